The number of nitrogens with two attached hydrogens (primary N) is 2. The van der Waals surface area contributed by atoms with Crippen LogP contribution in [0.25, 0.3) is 5.57 Å². The molecule has 4 N–H and O–H groups in total. The fourth-order valence-electron chi connectivity index (χ4n) is 2.71. The maximum atomic E-state index is 13.7. The first-order valence-electron chi connectivity index (χ1n) is 8.11. The van der Waals surface area contributed by atoms with Gasteiger partial charge in [0.1, 0.15) is 12.4 Å². The molecule has 2 bridgehead atoms. The van der Waals surface area contributed by atoms with E-state index in [1.165, 1.54) is 35.5 Å². The van der Waals surface area contributed by atoms with Crippen LogP contribution in [0.5, 0.6) is 5.88 Å². The number of aliphatic imine (C=N–C) groups is 1. The largest absolute Gasteiger partial charge is 0.470 e. The predicted octanol–water partition coefficient (Wildman–Crippen LogP) is 1.23. The van der Waals surface area contributed by atoms with Gasteiger partial charge in [-0.25, -0.2) is 14.4 Å². The van der Waals surface area contributed by atoms with Gasteiger partial charge in [-0.05, 0) is 18.2 Å². The second-order valence-electron chi connectivity index (χ2n) is 6.02. The molecule has 140 valence electrons. The van der Waals surface area contributed by atoms with E-state index in [0.717, 1.165) is 0 Å². The number of carbonyl (C=O) groups excluding carboxylic acids is 1. The zero-order valence-corrected chi connectivity index (χ0v) is 14.9. The summed E-state index contributed by atoms with van der Waals surface area (Å²) in [6, 6.07) is 3.88. The Morgan fingerprint density at radius 2 is 2.15 bits per heavy atom. The highest BCUT2D eigenvalue weighted by molar-refractivity contribution is 6.10. The Labute approximate surface area is 155 Å². The number of hydrogen-bond acceptors (Lipinski definition) is 7. The molecule has 0 spiro atoms. The molecule has 2 heterocycles. The molecule has 0 aliphatic carbocycles. The minimum atomic E-state index is -0.478. The third kappa shape index (κ3) is 3.71. The number of nitrogen functional groups attached to an aromatic ring is 1. The van der Waals surface area contributed by atoms with Gasteiger partial charge in [-0.1, -0.05) is 0 Å². The lowest BCUT2D eigenvalue weighted by molar-refractivity contribution is 0.0803. The predicted molar refractivity (Wildman–Crippen MR) is 99.7 cm³/mol. The molecule has 1 aliphatic rings. The summed E-state index contributed by atoms with van der Waals surface area (Å²) in [5.41, 5.74) is 14.0. The molecule has 1 amide bonds. The van der Waals surface area contributed by atoms with Crippen LogP contribution in [0.3, 0.4) is 0 Å². The number of benzene rings is 1. The van der Waals surface area contributed by atoms with Gasteiger partial charge in [0.25, 0.3) is 11.8 Å². The van der Waals surface area contributed by atoms with Crippen molar-refractivity contribution in [3.05, 3.63) is 52.7 Å². The van der Waals surface area contributed by atoms with E-state index in [1.54, 1.807) is 14.1 Å². The van der Waals surface area contributed by atoms with Crippen LogP contribution in [0, 0.1) is 5.82 Å². The summed E-state index contributed by atoms with van der Waals surface area (Å²) in [5.74, 6) is -0.649. The first-order chi connectivity index (χ1) is 12.9. The molecule has 0 saturated heterocycles. The van der Waals surface area contributed by atoms with E-state index >= 15 is 0 Å². The van der Waals surface area contributed by atoms with Crippen LogP contribution >= 0.6 is 0 Å². The number of allylic oxidation sites excluding steroid dienone is 1. The Kier molecular flexibility index (Phi) is 5.02. The number of aromatic nitrogens is 2. The zero-order chi connectivity index (χ0) is 19.6. The normalized spacial score (nSPS) is 17.9. The van der Waals surface area contributed by atoms with Gasteiger partial charge in [-0.3, -0.25) is 9.79 Å². The van der Waals surface area contributed by atoms with Crippen LogP contribution < -0.4 is 16.2 Å². The van der Waals surface area contributed by atoms with Crippen LogP contribution in [0.2, 0.25) is 0 Å². The van der Waals surface area contributed by atoms with Crippen molar-refractivity contribution in [2.45, 2.75) is 6.61 Å². The number of amides is 1. The molecule has 2 aromatic rings. The lowest BCUT2D eigenvalue weighted by Crippen LogP contribution is -2.32. The van der Waals surface area contributed by atoms with Crippen LogP contribution in [0.1, 0.15) is 21.6 Å². The highest BCUT2D eigenvalue weighted by Gasteiger charge is 2.21. The molecule has 27 heavy (non-hydrogen) atoms. The van der Waals surface area contributed by atoms with Crippen LogP contribution in [0.4, 0.5) is 10.2 Å². The van der Waals surface area contributed by atoms with E-state index in [1.807, 2.05) is 0 Å². The second kappa shape index (κ2) is 7.40. The first-order valence-corrected chi connectivity index (χ1v) is 8.11. The van der Waals surface area contributed by atoms with E-state index in [2.05, 4.69) is 15.0 Å². The lowest BCUT2D eigenvalue weighted by Gasteiger charge is -2.21. The summed E-state index contributed by atoms with van der Waals surface area (Å²) in [5, 5.41) is 0. The average Bonchev–Trinajstić information content (AvgIpc) is 2.64. The van der Waals surface area contributed by atoms with Gasteiger partial charge in [-0.2, -0.15) is 0 Å². The molecule has 0 fully saturated rings. The van der Waals surface area contributed by atoms with Gasteiger partial charge < -0.3 is 21.1 Å². The van der Waals surface area contributed by atoms with E-state index in [-0.39, 0.29) is 30.8 Å². The fourth-order valence-corrected chi connectivity index (χ4v) is 2.71. The molecule has 8 nitrogen and oxygen atoms in total. The van der Waals surface area contributed by atoms with Crippen LogP contribution in [-0.4, -0.2) is 47.6 Å². The van der Waals surface area contributed by atoms with Crippen molar-refractivity contribution < 1.29 is 13.9 Å². The summed E-state index contributed by atoms with van der Waals surface area (Å²) < 4.78 is 19.3. The van der Waals surface area contributed by atoms with Crippen LogP contribution in [0.15, 0.2) is 35.1 Å². The maximum Gasteiger partial charge on any atom is 0.258 e. The number of hydrogen-bond donors (Lipinski definition) is 2. The van der Waals surface area contributed by atoms with Gasteiger partial charge in [0.05, 0.1) is 18.4 Å². The Morgan fingerprint density at radius 3 is 2.89 bits per heavy atom. The van der Waals surface area contributed by atoms with Crippen molar-refractivity contribution in [2.24, 2.45) is 10.7 Å². The summed E-state index contributed by atoms with van der Waals surface area (Å²) in [7, 11) is 3.20. The number of carbonyl (C=O) groups is 1. The van der Waals surface area contributed by atoms with Gasteiger partial charge in [-0.15, -0.1) is 0 Å². The van der Waals surface area contributed by atoms with E-state index in [9.17, 15) is 9.18 Å². The van der Waals surface area contributed by atoms with E-state index in [4.69, 9.17) is 16.2 Å². The van der Waals surface area contributed by atoms with Gasteiger partial charge in [0.15, 0.2) is 5.82 Å². The maximum absolute atomic E-state index is 13.7. The average molecular weight is 370 g/mol. The lowest BCUT2D eigenvalue weighted by atomic mass is 10.1. The molecule has 0 atom stereocenters. The Hall–Kier alpha value is -3.49. The van der Waals surface area contributed by atoms with Crippen molar-refractivity contribution in [1.82, 2.24) is 14.9 Å². The molecular formula is C18H19FN6O2. The summed E-state index contributed by atoms with van der Waals surface area (Å²) in [6.07, 6.45) is 2.99. The number of anilines is 1. The quantitative estimate of drug-likeness (QED) is 0.729. The number of halogens is 1. The number of rotatable bonds is 1. The van der Waals surface area contributed by atoms with Crippen LogP contribution in [-0.2, 0) is 6.61 Å². The number of ether oxygens (including phenoxy) is 1. The van der Waals surface area contributed by atoms with Crippen molar-refractivity contribution in [3.63, 3.8) is 0 Å². The van der Waals surface area contributed by atoms with E-state index in [0.29, 0.717) is 28.1 Å². The number of likely N-dealkylation sites (N-methyl/N-ethyl adjacent to an activating group) is 1. The minimum absolute atomic E-state index is 0.0684. The molecule has 1 aliphatic heterocycles. The highest BCUT2D eigenvalue weighted by Crippen LogP contribution is 2.24. The van der Waals surface area contributed by atoms with Gasteiger partial charge in [0.2, 0.25) is 0 Å². The minimum Gasteiger partial charge on any atom is -0.470 e. The van der Waals surface area contributed by atoms with Gasteiger partial charge >= 0.3 is 0 Å². The SMILES string of the molecule is CN=C/C1=C(\N)CN(C)C(=O)c2ccc(F)cc2COc2nc1cnc2N. The monoisotopic (exact) mass is 370 g/mol. The Morgan fingerprint density at radius 1 is 1.37 bits per heavy atom. The Bertz CT molecular complexity index is 957. The summed E-state index contributed by atoms with van der Waals surface area (Å²) >= 11 is 0. The summed E-state index contributed by atoms with van der Waals surface area (Å²) in [4.78, 5) is 26.7. The Balaban J connectivity index is 2.18. The molecule has 1 aromatic heterocycles. The number of nitrogens with zero attached hydrogens (tertiary/aromatic N) is 4. The molecule has 1 aromatic carbocycles. The molecular weight excluding hydrogens is 351 g/mol. The fraction of sp³-hybridized carbons (Fsp3) is 0.222. The van der Waals surface area contributed by atoms with Crippen molar-refractivity contribution in [2.75, 3.05) is 26.4 Å². The smallest absolute Gasteiger partial charge is 0.258 e. The number of fused-ring (bicyclic) bond motifs is 3. The van der Waals surface area contributed by atoms with Crippen molar-refractivity contribution in [3.8, 4) is 5.88 Å². The molecule has 0 radical (unpaired) electrons. The molecule has 0 unspecified atom stereocenters. The molecule has 3 rings (SSSR count). The zero-order valence-electron chi connectivity index (χ0n) is 14.9. The first kappa shape index (κ1) is 18.3. The third-order valence-electron chi connectivity index (χ3n) is 4.06. The van der Waals surface area contributed by atoms with E-state index < -0.39 is 5.82 Å². The van der Waals surface area contributed by atoms with Crippen molar-refractivity contribution >= 4 is 23.5 Å². The third-order valence-corrected chi connectivity index (χ3v) is 4.06. The summed E-state index contributed by atoms with van der Waals surface area (Å²) in [6.45, 7) is 0.0324. The molecule has 9 heteroatoms. The highest BCUT2D eigenvalue weighted by atomic mass is 19.1. The topological polar surface area (TPSA) is 120 Å². The van der Waals surface area contributed by atoms with Crippen molar-refractivity contribution in [1.29, 1.82) is 0 Å². The van der Waals surface area contributed by atoms with Gasteiger partial charge in [0, 0.05) is 42.7 Å². The standard InChI is InChI=1S/C18H19FN6O2/c1-22-6-13-14(20)8-25(2)18(26)12-4-3-11(19)5-10(12)9-27-17-16(21)23-7-15(13)24-17/h3-7H,8-9,20H2,1-2H3,(H2,21,23)/b14-13+,22-6?. The molecule has 0 saturated carbocycles. The second-order valence-corrected chi connectivity index (χ2v) is 6.02.